The molecule has 1 amide bonds. The van der Waals surface area contributed by atoms with Gasteiger partial charge in [-0.1, -0.05) is 0 Å². The average molecular weight is 481 g/mol. The summed E-state index contributed by atoms with van der Waals surface area (Å²) in [4.78, 5) is 18.3. The molecule has 0 radical (unpaired) electrons. The number of halogens is 2. The van der Waals surface area contributed by atoms with Crippen molar-refractivity contribution in [1.29, 1.82) is 0 Å². The van der Waals surface area contributed by atoms with Crippen molar-refractivity contribution in [3.05, 3.63) is 77.5 Å². The Hall–Kier alpha value is -3.72. The third-order valence-corrected chi connectivity index (χ3v) is 5.82. The second-order valence-corrected chi connectivity index (χ2v) is 9.05. The Balaban J connectivity index is 1.48. The number of nitrogens with zero attached hydrogens (tertiary/aromatic N) is 2. The van der Waals surface area contributed by atoms with E-state index in [-0.39, 0.29) is 13.0 Å². The largest absolute Gasteiger partial charge is 0.381 e. The molecular formula is C26H30F2N6O. The molecule has 0 spiro atoms. The van der Waals surface area contributed by atoms with E-state index in [4.69, 9.17) is 5.73 Å². The summed E-state index contributed by atoms with van der Waals surface area (Å²) in [6.07, 6.45) is 1.56. The molecule has 1 fully saturated rings. The Morgan fingerprint density at radius 2 is 1.74 bits per heavy atom. The first-order valence-electron chi connectivity index (χ1n) is 11.6. The Labute approximate surface area is 203 Å². The highest BCUT2D eigenvalue weighted by atomic mass is 19.1. The van der Waals surface area contributed by atoms with Crippen LogP contribution in [0.1, 0.15) is 25.0 Å². The van der Waals surface area contributed by atoms with E-state index in [1.807, 2.05) is 12.1 Å². The van der Waals surface area contributed by atoms with Gasteiger partial charge in [-0.3, -0.25) is 4.79 Å². The fourth-order valence-electron chi connectivity index (χ4n) is 4.40. The first-order chi connectivity index (χ1) is 16.7. The minimum absolute atomic E-state index is 0.0106. The maximum absolute atomic E-state index is 13.5. The Bertz CT molecular complexity index is 1160. The number of nitrogens with one attached hydrogen (secondary N) is 3. The molecule has 2 heterocycles. The van der Waals surface area contributed by atoms with Crippen LogP contribution < -0.4 is 26.6 Å². The van der Waals surface area contributed by atoms with Crippen LogP contribution in [0.2, 0.25) is 0 Å². The molecule has 0 bridgehead atoms. The van der Waals surface area contributed by atoms with Crippen LogP contribution in [0.15, 0.2) is 54.7 Å². The molecule has 0 unspecified atom stereocenters. The number of carbonyl (C=O) groups excluding carboxylic acids is 1. The summed E-state index contributed by atoms with van der Waals surface area (Å²) in [6.45, 7) is 6.43. The van der Waals surface area contributed by atoms with Gasteiger partial charge in [0.15, 0.2) is 0 Å². The highest BCUT2D eigenvalue weighted by Crippen LogP contribution is 2.25. The molecule has 1 saturated heterocycles. The maximum atomic E-state index is 13.5. The van der Waals surface area contributed by atoms with E-state index in [2.05, 4.69) is 51.8 Å². The number of benzene rings is 2. The number of carbonyl (C=O) groups is 1. The van der Waals surface area contributed by atoms with E-state index in [9.17, 15) is 13.6 Å². The lowest BCUT2D eigenvalue weighted by Gasteiger charge is -2.37. The Morgan fingerprint density at radius 1 is 1.09 bits per heavy atom. The molecule has 1 aliphatic heterocycles. The van der Waals surface area contributed by atoms with Gasteiger partial charge in [0, 0.05) is 72.7 Å². The molecule has 4 rings (SSSR count). The van der Waals surface area contributed by atoms with Gasteiger partial charge in [0.05, 0.1) is 6.42 Å². The van der Waals surface area contributed by atoms with Crippen molar-refractivity contribution in [2.24, 2.45) is 5.73 Å². The van der Waals surface area contributed by atoms with Gasteiger partial charge < -0.3 is 26.6 Å². The molecule has 35 heavy (non-hydrogen) atoms. The standard InChI is InChI=1S/C26H30F2N6O/c1-16-14-34(15-17(2)32-16)23-5-3-22(4-6-23)33-26-11-24(19(13-31-26)9-25(29)35)30-12-18-7-20(27)10-21(28)8-18/h3-8,10-11,13,16-17,32H,9,12,14-15H2,1-2H3,(H2,29,35)(H2,30,31,33)/t16-,17+. The van der Waals surface area contributed by atoms with Crippen molar-refractivity contribution >= 4 is 28.8 Å². The fourth-order valence-corrected chi connectivity index (χ4v) is 4.40. The van der Waals surface area contributed by atoms with Crippen LogP contribution in [0, 0.1) is 11.6 Å². The van der Waals surface area contributed by atoms with Crippen molar-refractivity contribution in [3.63, 3.8) is 0 Å². The van der Waals surface area contributed by atoms with E-state index >= 15 is 0 Å². The second-order valence-electron chi connectivity index (χ2n) is 9.05. The van der Waals surface area contributed by atoms with Crippen LogP contribution in [0.25, 0.3) is 0 Å². The van der Waals surface area contributed by atoms with Crippen molar-refractivity contribution in [1.82, 2.24) is 10.3 Å². The number of piperazine rings is 1. The van der Waals surface area contributed by atoms with Gasteiger partial charge in [-0.15, -0.1) is 0 Å². The molecule has 0 aliphatic carbocycles. The molecule has 5 N–H and O–H groups in total. The maximum Gasteiger partial charge on any atom is 0.221 e. The fraction of sp³-hybridized carbons (Fsp3) is 0.308. The molecule has 9 heteroatoms. The number of hydrogen-bond donors (Lipinski definition) is 4. The molecule has 1 aliphatic rings. The Morgan fingerprint density at radius 3 is 2.37 bits per heavy atom. The van der Waals surface area contributed by atoms with Crippen LogP contribution in [0.5, 0.6) is 0 Å². The number of anilines is 4. The number of pyridine rings is 1. The molecule has 2 atom stereocenters. The van der Waals surface area contributed by atoms with Gasteiger partial charge in [0.2, 0.25) is 5.91 Å². The number of hydrogen-bond acceptors (Lipinski definition) is 6. The van der Waals surface area contributed by atoms with Crippen molar-refractivity contribution in [2.75, 3.05) is 28.6 Å². The predicted molar refractivity (Wildman–Crippen MR) is 135 cm³/mol. The molecule has 0 saturated carbocycles. The molecule has 1 aromatic heterocycles. The summed E-state index contributed by atoms with van der Waals surface area (Å²) >= 11 is 0. The minimum atomic E-state index is -0.649. The normalized spacial score (nSPS) is 17.8. The quantitative estimate of drug-likeness (QED) is 0.390. The lowest BCUT2D eigenvalue weighted by atomic mass is 10.1. The van der Waals surface area contributed by atoms with E-state index < -0.39 is 17.5 Å². The lowest BCUT2D eigenvalue weighted by molar-refractivity contribution is -0.117. The van der Waals surface area contributed by atoms with Crippen LogP contribution in [0.3, 0.4) is 0 Å². The van der Waals surface area contributed by atoms with Crippen LogP contribution in [-0.2, 0) is 17.8 Å². The van der Waals surface area contributed by atoms with E-state index in [1.165, 1.54) is 12.1 Å². The van der Waals surface area contributed by atoms with Crippen molar-refractivity contribution < 1.29 is 13.6 Å². The molecule has 7 nitrogen and oxygen atoms in total. The van der Waals surface area contributed by atoms with Crippen molar-refractivity contribution in [2.45, 2.75) is 38.9 Å². The first kappa shape index (κ1) is 24.4. The smallest absolute Gasteiger partial charge is 0.221 e. The predicted octanol–water partition coefficient (Wildman–Crippen LogP) is 3.93. The monoisotopic (exact) mass is 480 g/mol. The van der Waals surface area contributed by atoms with Gasteiger partial charge in [0.25, 0.3) is 0 Å². The summed E-state index contributed by atoms with van der Waals surface area (Å²) in [6, 6.07) is 14.1. The van der Waals surface area contributed by atoms with Crippen LogP contribution >= 0.6 is 0 Å². The summed E-state index contributed by atoms with van der Waals surface area (Å²) in [5.74, 6) is -1.24. The molecular weight excluding hydrogens is 450 g/mol. The molecule has 2 aromatic carbocycles. The van der Waals surface area contributed by atoms with E-state index in [0.29, 0.717) is 34.7 Å². The zero-order valence-corrected chi connectivity index (χ0v) is 19.8. The topological polar surface area (TPSA) is 95.3 Å². The number of rotatable bonds is 8. The lowest BCUT2D eigenvalue weighted by Crippen LogP contribution is -2.54. The van der Waals surface area contributed by atoms with Gasteiger partial charge in [0.1, 0.15) is 17.5 Å². The summed E-state index contributed by atoms with van der Waals surface area (Å²) in [7, 11) is 0. The summed E-state index contributed by atoms with van der Waals surface area (Å²) in [5.41, 5.74) is 9.03. The number of amides is 1. The molecule has 3 aromatic rings. The molecule has 184 valence electrons. The second kappa shape index (κ2) is 10.7. The SMILES string of the molecule is C[C@@H]1CN(c2ccc(Nc3cc(NCc4cc(F)cc(F)c4)c(CC(N)=O)cn3)cc2)C[C@H](C)N1. The summed E-state index contributed by atoms with van der Waals surface area (Å²) in [5, 5.41) is 9.95. The van der Waals surface area contributed by atoms with E-state index in [0.717, 1.165) is 30.5 Å². The third-order valence-electron chi connectivity index (χ3n) is 5.82. The van der Waals surface area contributed by atoms with E-state index in [1.54, 1.807) is 12.3 Å². The number of primary amides is 1. The zero-order chi connectivity index (χ0) is 24.9. The van der Waals surface area contributed by atoms with Gasteiger partial charge in [-0.25, -0.2) is 13.8 Å². The zero-order valence-electron chi connectivity index (χ0n) is 19.8. The first-order valence-corrected chi connectivity index (χ1v) is 11.6. The number of nitrogens with two attached hydrogens (primary N) is 1. The van der Waals surface area contributed by atoms with Gasteiger partial charge >= 0.3 is 0 Å². The highest BCUT2D eigenvalue weighted by Gasteiger charge is 2.21. The minimum Gasteiger partial charge on any atom is -0.381 e. The van der Waals surface area contributed by atoms with Gasteiger partial charge in [-0.2, -0.15) is 0 Å². The number of aromatic nitrogens is 1. The van der Waals surface area contributed by atoms with Gasteiger partial charge in [-0.05, 0) is 55.8 Å². The Kier molecular flexibility index (Phi) is 7.45. The third kappa shape index (κ3) is 6.66. The highest BCUT2D eigenvalue weighted by molar-refractivity contribution is 5.79. The van der Waals surface area contributed by atoms with Crippen molar-refractivity contribution in [3.8, 4) is 0 Å². The van der Waals surface area contributed by atoms with Crippen LogP contribution in [0.4, 0.5) is 31.7 Å². The van der Waals surface area contributed by atoms with Crippen LogP contribution in [-0.4, -0.2) is 36.1 Å². The summed E-state index contributed by atoms with van der Waals surface area (Å²) < 4.78 is 27.1. The average Bonchev–Trinajstić information content (AvgIpc) is 2.78.